The molecule has 0 aliphatic heterocycles. The Morgan fingerprint density at radius 2 is 1.77 bits per heavy atom. The quantitative estimate of drug-likeness (QED) is 0.381. The van der Waals surface area contributed by atoms with Crippen LogP contribution in [0.5, 0.6) is 5.75 Å². The second-order valence-electron chi connectivity index (χ2n) is 6.64. The van der Waals surface area contributed by atoms with Crippen molar-refractivity contribution in [2.45, 2.75) is 19.4 Å². The number of amides is 2. The number of hydrogen-bond donors (Lipinski definition) is 3. The fraction of sp³-hybridized carbons (Fsp3) is 0.136. The topological polar surface area (TPSA) is 79.5 Å². The van der Waals surface area contributed by atoms with Crippen molar-refractivity contribution in [1.82, 2.24) is 16.2 Å². The molecule has 0 saturated heterocycles. The normalized spacial score (nSPS) is 11.5. The van der Waals surface area contributed by atoms with Crippen LogP contribution < -0.4 is 20.9 Å². The SMILES string of the molecule is CC(Oc1ccc(Cl)cc1Cl)C(=O)NNC(=S)NC(=O)Cc1cccc2ccccc12. The molecule has 1 unspecified atom stereocenters. The van der Waals surface area contributed by atoms with Crippen LogP contribution in [-0.2, 0) is 16.0 Å². The minimum Gasteiger partial charge on any atom is -0.479 e. The largest absolute Gasteiger partial charge is 0.479 e. The van der Waals surface area contributed by atoms with E-state index in [0.29, 0.717) is 10.8 Å². The van der Waals surface area contributed by atoms with E-state index in [9.17, 15) is 9.59 Å². The summed E-state index contributed by atoms with van der Waals surface area (Å²) in [5.74, 6) is -0.489. The number of hydrazine groups is 1. The summed E-state index contributed by atoms with van der Waals surface area (Å²) in [5, 5.41) is 5.31. The first-order valence-corrected chi connectivity index (χ1v) is 10.5. The summed E-state index contributed by atoms with van der Waals surface area (Å²) in [5.41, 5.74) is 5.76. The van der Waals surface area contributed by atoms with Crippen molar-refractivity contribution in [3.63, 3.8) is 0 Å². The van der Waals surface area contributed by atoms with Crippen molar-refractivity contribution < 1.29 is 14.3 Å². The monoisotopic (exact) mass is 475 g/mol. The van der Waals surface area contributed by atoms with Gasteiger partial charge in [0.25, 0.3) is 5.91 Å². The highest BCUT2D eigenvalue weighted by atomic mass is 35.5. The highest BCUT2D eigenvalue weighted by molar-refractivity contribution is 7.80. The summed E-state index contributed by atoms with van der Waals surface area (Å²) in [6.07, 6.45) is -0.730. The van der Waals surface area contributed by atoms with E-state index in [1.54, 1.807) is 19.1 Å². The van der Waals surface area contributed by atoms with Gasteiger partial charge in [-0.3, -0.25) is 20.4 Å². The number of fused-ring (bicyclic) bond motifs is 1. The molecule has 3 aromatic carbocycles. The number of rotatable bonds is 5. The lowest BCUT2D eigenvalue weighted by atomic mass is 10.0. The Hall–Kier alpha value is -2.87. The highest BCUT2D eigenvalue weighted by Gasteiger charge is 2.17. The second kappa shape index (κ2) is 10.4. The summed E-state index contributed by atoms with van der Waals surface area (Å²) in [6, 6.07) is 18.3. The fourth-order valence-corrected chi connectivity index (χ4v) is 3.47. The molecule has 0 fully saturated rings. The number of nitrogens with one attached hydrogen (secondary N) is 3. The summed E-state index contributed by atoms with van der Waals surface area (Å²) >= 11 is 17.0. The Labute approximate surface area is 194 Å². The van der Waals surface area contributed by atoms with Gasteiger partial charge in [0.2, 0.25) is 5.91 Å². The van der Waals surface area contributed by atoms with Crippen molar-refractivity contribution in [1.29, 1.82) is 0 Å². The Balaban J connectivity index is 1.48. The highest BCUT2D eigenvalue weighted by Crippen LogP contribution is 2.28. The van der Waals surface area contributed by atoms with E-state index in [-0.39, 0.29) is 22.5 Å². The molecule has 2 amide bonds. The van der Waals surface area contributed by atoms with Crippen molar-refractivity contribution in [3.8, 4) is 5.75 Å². The lowest BCUT2D eigenvalue weighted by molar-refractivity contribution is -0.128. The van der Waals surface area contributed by atoms with E-state index < -0.39 is 12.0 Å². The van der Waals surface area contributed by atoms with E-state index in [4.69, 9.17) is 40.2 Å². The molecule has 3 N–H and O–H groups in total. The van der Waals surface area contributed by atoms with Crippen LogP contribution >= 0.6 is 35.4 Å². The lowest BCUT2D eigenvalue weighted by Crippen LogP contribution is -2.51. The molecule has 0 heterocycles. The number of benzene rings is 3. The summed E-state index contributed by atoms with van der Waals surface area (Å²) in [4.78, 5) is 24.6. The number of hydrogen-bond acceptors (Lipinski definition) is 4. The standard InChI is InChI=1S/C22H19Cl2N3O3S/c1-13(30-19-10-9-16(23)12-18(19)24)21(29)26-27-22(31)25-20(28)11-15-7-4-6-14-5-2-3-8-17(14)15/h2-10,12-13H,11H2,1H3,(H,26,29)(H2,25,27,28,31). The summed E-state index contributed by atoms with van der Waals surface area (Å²) < 4.78 is 5.52. The van der Waals surface area contributed by atoms with E-state index in [2.05, 4.69) is 16.2 Å². The average molecular weight is 476 g/mol. The van der Waals surface area contributed by atoms with Crippen molar-refractivity contribution in [2.75, 3.05) is 0 Å². The van der Waals surface area contributed by atoms with Gasteiger partial charge in [0.05, 0.1) is 11.4 Å². The Kier molecular flexibility index (Phi) is 7.68. The van der Waals surface area contributed by atoms with Crippen LogP contribution in [0.3, 0.4) is 0 Å². The summed E-state index contributed by atoms with van der Waals surface area (Å²) in [7, 11) is 0. The van der Waals surface area contributed by atoms with Crippen LogP contribution in [0.2, 0.25) is 10.0 Å². The number of halogens is 2. The molecular weight excluding hydrogens is 457 g/mol. The number of thiocarbonyl (C=S) groups is 1. The first-order chi connectivity index (χ1) is 14.8. The fourth-order valence-electron chi connectivity index (χ4n) is 2.86. The molecule has 3 rings (SSSR count). The zero-order chi connectivity index (χ0) is 22.4. The maximum atomic E-state index is 12.3. The number of carbonyl (C=O) groups excluding carboxylic acids is 2. The lowest BCUT2D eigenvalue weighted by Gasteiger charge is -2.17. The van der Waals surface area contributed by atoms with E-state index in [1.807, 2.05) is 42.5 Å². The zero-order valence-corrected chi connectivity index (χ0v) is 18.8. The minimum atomic E-state index is -0.875. The third kappa shape index (κ3) is 6.30. The molecule has 0 aliphatic rings. The second-order valence-corrected chi connectivity index (χ2v) is 7.89. The van der Waals surface area contributed by atoms with Gasteiger partial charge in [0, 0.05) is 5.02 Å². The first kappa shape index (κ1) is 22.8. The first-order valence-electron chi connectivity index (χ1n) is 9.31. The zero-order valence-electron chi connectivity index (χ0n) is 16.4. The molecule has 0 spiro atoms. The predicted molar refractivity (Wildman–Crippen MR) is 126 cm³/mol. The number of carbonyl (C=O) groups is 2. The van der Waals surface area contributed by atoms with E-state index in [0.717, 1.165) is 16.3 Å². The van der Waals surface area contributed by atoms with Crippen molar-refractivity contribution >= 4 is 63.1 Å². The van der Waals surface area contributed by atoms with Gasteiger partial charge in [-0.15, -0.1) is 0 Å². The molecule has 0 aliphatic carbocycles. The molecule has 0 radical (unpaired) electrons. The van der Waals surface area contributed by atoms with Crippen molar-refractivity contribution in [3.05, 3.63) is 76.3 Å². The van der Waals surface area contributed by atoms with Gasteiger partial charge in [-0.2, -0.15) is 0 Å². The van der Waals surface area contributed by atoms with E-state index in [1.165, 1.54) is 6.07 Å². The van der Waals surface area contributed by atoms with Crippen LogP contribution in [0.1, 0.15) is 12.5 Å². The van der Waals surface area contributed by atoms with Gasteiger partial charge in [-0.1, -0.05) is 65.7 Å². The predicted octanol–water partition coefficient (Wildman–Crippen LogP) is 4.18. The van der Waals surface area contributed by atoms with Crippen molar-refractivity contribution in [2.24, 2.45) is 0 Å². The summed E-state index contributed by atoms with van der Waals surface area (Å²) in [6.45, 7) is 1.55. The third-order valence-electron chi connectivity index (χ3n) is 4.35. The molecule has 3 aromatic rings. The molecule has 0 saturated carbocycles. The van der Waals surface area contributed by atoms with Gasteiger partial charge < -0.3 is 10.1 Å². The molecule has 0 aromatic heterocycles. The molecular formula is C22H19Cl2N3O3S. The Morgan fingerprint density at radius 3 is 2.55 bits per heavy atom. The van der Waals surface area contributed by atoms with Gasteiger partial charge in [-0.25, -0.2) is 0 Å². The Morgan fingerprint density at radius 1 is 1.03 bits per heavy atom. The van der Waals surface area contributed by atoms with Gasteiger partial charge >= 0.3 is 0 Å². The average Bonchev–Trinajstić information content (AvgIpc) is 2.74. The smallest absolute Gasteiger partial charge is 0.279 e. The maximum absolute atomic E-state index is 12.3. The van der Waals surface area contributed by atoms with Crippen LogP contribution in [0.15, 0.2) is 60.7 Å². The molecule has 1 atom stereocenters. The van der Waals surface area contributed by atoms with Crippen LogP contribution in [0.25, 0.3) is 10.8 Å². The van der Waals surface area contributed by atoms with Crippen LogP contribution in [0.4, 0.5) is 0 Å². The van der Waals surface area contributed by atoms with E-state index >= 15 is 0 Å². The Bertz CT molecular complexity index is 1130. The molecule has 31 heavy (non-hydrogen) atoms. The number of ether oxygens (including phenoxy) is 1. The van der Waals surface area contributed by atoms with Gasteiger partial charge in [-0.05, 0) is 53.7 Å². The molecule has 160 valence electrons. The maximum Gasteiger partial charge on any atom is 0.279 e. The molecule has 0 bridgehead atoms. The third-order valence-corrected chi connectivity index (χ3v) is 5.08. The minimum absolute atomic E-state index is 0.0321. The van der Waals surface area contributed by atoms with Crippen LogP contribution in [-0.4, -0.2) is 23.0 Å². The van der Waals surface area contributed by atoms with Crippen LogP contribution in [0, 0.1) is 0 Å². The molecule has 9 heteroatoms. The van der Waals surface area contributed by atoms with Gasteiger partial charge in [0.1, 0.15) is 5.75 Å². The van der Waals surface area contributed by atoms with Gasteiger partial charge in [0.15, 0.2) is 11.2 Å². The molecule has 6 nitrogen and oxygen atoms in total.